The van der Waals surface area contributed by atoms with Crippen molar-refractivity contribution in [2.24, 2.45) is 15.9 Å². The van der Waals surface area contributed by atoms with Crippen molar-refractivity contribution in [3.8, 4) is 0 Å². The zero-order chi connectivity index (χ0) is 18.8. The molecule has 25 heavy (non-hydrogen) atoms. The van der Waals surface area contributed by atoms with Gasteiger partial charge in [-0.1, -0.05) is 11.8 Å². The Balaban J connectivity index is 2.40. The Labute approximate surface area is 153 Å². The summed E-state index contributed by atoms with van der Waals surface area (Å²) in [6.45, 7) is 5.55. The molecule has 0 saturated carbocycles. The lowest BCUT2D eigenvalue weighted by molar-refractivity contribution is -0.174. The van der Waals surface area contributed by atoms with Gasteiger partial charge in [0, 0.05) is 26.7 Å². The van der Waals surface area contributed by atoms with Crippen LogP contribution in [-0.4, -0.2) is 65.8 Å². The molecule has 0 spiro atoms. The highest BCUT2D eigenvalue weighted by Gasteiger charge is 2.56. The Morgan fingerprint density at radius 3 is 2.48 bits per heavy atom. The first kappa shape index (κ1) is 20.0. The number of thioether (sulfide) groups is 1. The lowest BCUT2D eigenvalue weighted by Gasteiger charge is -2.45. The molecule has 2 N–H and O–H groups in total. The van der Waals surface area contributed by atoms with Crippen LogP contribution in [0.3, 0.4) is 0 Å². The third kappa shape index (κ3) is 4.09. The summed E-state index contributed by atoms with van der Waals surface area (Å²) in [5.41, 5.74) is 5.74. The van der Waals surface area contributed by atoms with Crippen LogP contribution in [0.1, 0.15) is 40.0 Å². The van der Waals surface area contributed by atoms with Gasteiger partial charge in [-0.3, -0.25) is 4.90 Å². The van der Waals surface area contributed by atoms with Crippen LogP contribution in [0.5, 0.6) is 0 Å². The number of piperidine rings is 1. The van der Waals surface area contributed by atoms with Crippen LogP contribution < -0.4 is 5.73 Å². The van der Waals surface area contributed by atoms with Crippen LogP contribution in [0.25, 0.3) is 0 Å². The summed E-state index contributed by atoms with van der Waals surface area (Å²) in [4.78, 5) is 14.4. The smallest absolute Gasteiger partial charge is 0.411 e. The number of hydrogen-bond donors (Lipinski definition) is 1. The van der Waals surface area contributed by atoms with E-state index in [1.807, 2.05) is 27.0 Å². The maximum absolute atomic E-state index is 12.7. The zero-order valence-electron chi connectivity index (χ0n) is 15.7. The van der Waals surface area contributed by atoms with Crippen molar-refractivity contribution in [3.63, 3.8) is 0 Å². The first-order chi connectivity index (χ1) is 11.7. The standard InChI is InChI=1S/C16H28N4O4S/c1-15(2,3)24-14(21)20-10-7-8-11(20)12(18-19-13(17)25-6)16(9-10,22-4)23-5/h10-11H,7-9H2,1-6H3,(H2,17,19)/b18-12-. The zero-order valence-corrected chi connectivity index (χ0v) is 16.6. The molecule has 0 aromatic heterocycles. The van der Waals surface area contributed by atoms with Crippen LogP contribution in [0, 0.1) is 0 Å². The number of hydrogen-bond acceptors (Lipinski definition) is 7. The second-order valence-electron chi connectivity index (χ2n) is 7.13. The molecular formula is C16H28N4O4S. The Hall–Kier alpha value is -1.32. The number of carbonyl (C=O) groups excluding carboxylic acids is 1. The highest BCUT2D eigenvalue weighted by Crippen LogP contribution is 2.42. The summed E-state index contributed by atoms with van der Waals surface area (Å²) in [5, 5.41) is 8.70. The molecular weight excluding hydrogens is 344 g/mol. The molecule has 142 valence electrons. The van der Waals surface area contributed by atoms with Crippen LogP contribution in [-0.2, 0) is 14.2 Å². The first-order valence-corrected chi connectivity index (χ1v) is 9.47. The Kier molecular flexibility index (Phi) is 6.01. The van der Waals surface area contributed by atoms with Crippen molar-refractivity contribution in [1.29, 1.82) is 0 Å². The molecule has 2 aliphatic rings. The minimum absolute atomic E-state index is 0.0272. The van der Waals surface area contributed by atoms with Crippen molar-refractivity contribution in [2.75, 3.05) is 20.5 Å². The molecule has 1 amide bonds. The van der Waals surface area contributed by atoms with Gasteiger partial charge in [0.2, 0.25) is 5.79 Å². The molecule has 2 unspecified atom stereocenters. The van der Waals surface area contributed by atoms with E-state index in [1.165, 1.54) is 11.8 Å². The van der Waals surface area contributed by atoms with E-state index in [0.717, 1.165) is 12.8 Å². The third-order valence-electron chi connectivity index (χ3n) is 4.44. The molecule has 2 rings (SSSR count). The highest BCUT2D eigenvalue weighted by atomic mass is 32.2. The van der Waals surface area contributed by atoms with E-state index in [-0.39, 0.29) is 18.2 Å². The van der Waals surface area contributed by atoms with E-state index >= 15 is 0 Å². The van der Waals surface area contributed by atoms with Gasteiger partial charge in [0.25, 0.3) is 0 Å². The van der Waals surface area contributed by atoms with Gasteiger partial charge >= 0.3 is 6.09 Å². The monoisotopic (exact) mass is 372 g/mol. The average Bonchev–Trinajstić information content (AvgIpc) is 2.88. The van der Waals surface area contributed by atoms with Gasteiger partial charge in [-0.25, -0.2) is 4.79 Å². The molecule has 0 radical (unpaired) electrons. The average molecular weight is 372 g/mol. The molecule has 2 fully saturated rings. The Morgan fingerprint density at radius 2 is 1.96 bits per heavy atom. The maximum Gasteiger partial charge on any atom is 0.411 e. The predicted molar refractivity (Wildman–Crippen MR) is 98.8 cm³/mol. The van der Waals surface area contributed by atoms with Gasteiger partial charge < -0.3 is 19.9 Å². The topological polar surface area (TPSA) is 98.7 Å². The molecule has 0 aromatic rings. The van der Waals surface area contributed by atoms with Crippen molar-refractivity contribution < 1.29 is 19.0 Å². The van der Waals surface area contributed by atoms with E-state index in [0.29, 0.717) is 17.3 Å². The van der Waals surface area contributed by atoms with Crippen molar-refractivity contribution in [3.05, 3.63) is 0 Å². The molecule has 2 aliphatic heterocycles. The quantitative estimate of drug-likeness (QED) is 0.353. The summed E-state index contributed by atoms with van der Waals surface area (Å²) >= 11 is 1.30. The van der Waals surface area contributed by atoms with Gasteiger partial charge in [-0.05, 0) is 39.9 Å². The molecule has 0 aromatic carbocycles. The Morgan fingerprint density at radius 1 is 1.32 bits per heavy atom. The van der Waals surface area contributed by atoms with Gasteiger partial charge in [0.1, 0.15) is 11.3 Å². The summed E-state index contributed by atoms with van der Waals surface area (Å²) in [6, 6.07) is -0.313. The minimum Gasteiger partial charge on any atom is -0.444 e. The van der Waals surface area contributed by atoms with Gasteiger partial charge in [-0.15, -0.1) is 10.2 Å². The fourth-order valence-corrected chi connectivity index (χ4v) is 3.48. The number of nitrogens with two attached hydrogens (primary N) is 1. The highest BCUT2D eigenvalue weighted by molar-refractivity contribution is 8.13. The van der Waals surface area contributed by atoms with Gasteiger partial charge in [0.15, 0.2) is 5.17 Å². The lowest BCUT2D eigenvalue weighted by Crippen LogP contribution is -2.62. The van der Waals surface area contributed by atoms with Crippen molar-refractivity contribution >= 4 is 28.7 Å². The van der Waals surface area contributed by atoms with E-state index in [1.54, 1.807) is 19.1 Å². The van der Waals surface area contributed by atoms with E-state index in [9.17, 15) is 4.79 Å². The number of carbonyl (C=O) groups is 1. The van der Waals surface area contributed by atoms with E-state index in [4.69, 9.17) is 19.9 Å². The number of ether oxygens (including phenoxy) is 3. The van der Waals surface area contributed by atoms with Crippen molar-refractivity contribution in [1.82, 2.24) is 4.90 Å². The number of amidine groups is 1. The molecule has 9 heteroatoms. The van der Waals surface area contributed by atoms with E-state index in [2.05, 4.69) is 10.2 Å². The van der Waals surface area contributed by atoms with Crippen LogP contribution in [0.4, 0.5) is 4.79 Å². The largest absolute Gasteiger partial charge is 0.444 e. The molecule has 2 bridgehead atoms. The molecule has 2 saturated heterocycles. The first-order valence-electron chi connectivity index (χ1n) is 8.24. The SMILES string of the molecule is COC1(OC)CC2CCC(/C1=N/N=C(\N)SC)N2C(=O)OC(C)(C)C. The van der Waals surface area contributed by atoms with E-state index < -0.39 is 11.4 Å². The predicted octanol–water partition coefficient (Wildman–Crippen LogP) is 2.18. The lowest BCUT2D eigenvalue weighted by atomic mass is 9.93. The van der Waals surface area contributed by atoms with Crippen molar-refractivity contribution in [2.45, 2.75) is 63.5 Å². The summed E-state index contributed by atoms with van der Waals surface area (Å²) in [5.74, 6) is -1.01. The number of methoxy groups -OCH3 is 2. The minimum atomic E-state index is -1.01. The Bertz CT molecular complexity index is 569. The molecule has 2 heterocycles. The van der Waals surface area contributed by atoms with Crippen LogP contribution in [0.2, 0.25) is 0 Å². The van der Waals surface area contributed by atoms with Crippen LogP contribution >= 0.6 is 11.8 Å². The summed E-state index contributed by atoms with van der Waals surface area (Å²) in [7, 11) is 3.15. The van der Waals surface area contributed by atoms with Gasteiger partial charge in [0.05, 0.1) is 6.04 Å². The number of nitrogens with zero attached hydrogens (tertiary/aromatic N) is 3. The molecule has 0 aliphatic carbocycles. The fourth-order valence-electron chi connectivity index (χ4n) is 3.36. The maximum atomic E-state index is 12.7. The summed E-state index contributed by atoms with van der Waals surface area (Å²) in [6.07, 6.45) is 3.53. The molecule has 2 atom stereocenters. The second kappa shape index (κ2) is 7.51. The fraction of sp³-hybridized carbons (Fsp3) is 0.812. The second-order valence-corrected chi connectivity index (χ2v) is 7.95. The number of amides is 1. The summed E-state index contributed by atoms with van der Waals surface area (Å²) < 4.78 is 16.9. The van der Waals surface area contributed by atoms with Crippen LogP contribution in [0.15, 0.2) is 10.2 Å². The number of rotatable bonds is 3. The number of fused-ring (bicyclic) bond motifs is 2. The third-order valence-corrected chi connectivity index (χ3v) is 4.94. The van der Waals surface area contributed by atoms with Gasteiger partial charge in [-0.2, -0.15) is 0 Å². The normalized spacial score (nSPS) is 27.7. The molecule has 8 nitrogen and oxygen atoms in total.